The van der Waals surface area contributed by atoms with Gasteiger partial charge in [0.1, 0.15) is 24.0 Å². The standard InChI is InChI=1S/C34H31F2NO3/c1-2-6-26-21-28(15-19-31(26)36)37-33(25-11-16-29(17-12-25)40-22-23-7-4-3-5-8-23)30(34(37)39)18-20-32(38)24-9-13-27(35)14-10-24/h3-5,7-17,19,21,30,33H,2,6,18,20,22H2,1H3/t30-,33-/m1/s1. The molecule has 1 fully saturated rings. The van der Waals surface area contributed by atoms with Crippen LogP contribution in [0.3, 0.4) is 0 Å². The van der Waals surface area contributed by atoms with E-state index < -0.39 is 11.7 Å². The van der Waals surface area contributed by atoms with Crippen LogP contribution in [-0.2, 0) is 17.8 Å². The van der Waals surface area contributed by atoms with Gasteiger partial charge in [0.25, 0.3) is 0 Å². The van der Waals surface area contributed by atoms with Crippen molar-refractivity contribution in [1.29, 1.82) is 0 Å². The lowest BCUT2D eigenvalue weighted by Gasteiger charge is -2.48. The van der Waals surface area contributed by atoms with Crippen LogP contribution < -0.4 is 9.64 Å². The Morgan fingerprint density at radius 2 is 1.62 bits per heavy atom. The number of amides is 1. The molecule has 0 bridgehead atoms. The highest BCUT2D eigenvalue weighted by atomic mass is 19.1. The van der Waals surface area contributed by atoms with Crippen LogP contribution in [0.5, 0.6) is 5.75 Å². The number of benzene rings is 4. The third-order valence-corrected chi connectivity index (χ3v) is 7.36. The Labute approximate surface area is 233 Å². The highest BCUT2D eigenvalue weighted by Gasteiger charge is 2.48. The fourth-order valence-corrected chi connectivity index (χ4v) is 5.24. The Morgan fingerprint density at radius 3 is 2.33 bits per heavy atom. The summed E-state index contributed by atoms with van der Waals surface area (Å²) in [6.45, 7) is 2.43. The molecule has 0 saturated carbocycles. The number of carbonyl (C=O) groups excluding carboxylic acids is 2. The molecular formula is C34H31F2NO3. The largest absolute Gasteiger partial charge is 0.489 e. The van der Waals surface area contributed by atoms with Gasteiger partial charge in [-0.15, -0.1) is 0 Å². The van der Waals surface area contributed by atoms with Crippen molar-refractivity contribution in [2.45, 2.75) is 45.3 Å². The van der Waals surface area contributed by atoms with E-state index in [4.69, 9.17) is 4.74 Å². The summed E-state index contributed by atoms with van der Waals surface area (Å²) in [5.74, 6) is -0.632. The van der Waals surface area contributed by atoms with E-state index in [1.165, 1.54) is 30.3 Å². The van der Waals surface area contributed by atoms with Crippen molar-refractivity contribution in [2.24, 2.45) is 5.92 Å². The molecule has 1 saturated heterocycles. The molecule has 1 heterocycles. The van der Waals surface area contributed by atoms with Crippen molar-refractivity contribution < 1.29 is 23.1 Å². The maximum Gasteiger partial charge on any atom is 0.233 e. The molecule has 0 radical (unpaired) electrons. The first-order chi connectivity index (χ1) is 19.4. The van der Waals surface area contributed by atoms with Gasteiger partial charge in [-0.3, -0.25) is 9.59 Å². The van der Waals surface area contributed by atoms with Crippen LogP contribution in [0.1, 0.15) is 59.3 Å². The number of anilines is 1. The third kappa shape index (κ3) is 5.96. The average Bonchev–Trinajstić information content (AvgIpc) is 2.97. The first kappa shape index (κ1) is 27.3. The van der Waals surface area contributed by atoms with Crippen LogP contribution in [0.25, 0.3) is 0 Å². The lowest BCUT2D eigenvalue weighted by molar-refractivity contribution is -0.130. The first-order valence-corrected chi connectivity index (χ1v) is 13.6. The van der Waals surface area contributed by atoms with Crippen LogP contribution in [0.2, 0.25) is 0 Å². The number of nitrogens with zero attached hydrogens (tertiary/aromatic N) is 1. The highest BCUT2D eigenvalue weighted by Crippen LogP contribution is 2.46. The topological polar surface area (TPSA) is 46.6 Å². The van der Waals surface area contributed by atoms with Gasteiger partial charge in [-0.25, -0.2) is 8.78 Å². The average molecular weight is 540 g/mol. The molecule has 5 rings (SSSR count). The van der Waals surface area contributed by atoms with E-state index in [1.54, 1.807) is 17.0 Å². The van der Waals surface area contributed by atoms with E-state index in [-0.39, 0.29) is 30.0 Å². The van der Waals surface area contributed by atoms with Crippen LogP contribution in [0.4, 0.5) is 14.5 Å². The number of hydrogen-bond donors (Lipinski definition) is 0. The molecule has 4 aromatic carbocycles. The number of halogens is 2. The molecule has 0 unspecified atom stereocenters. The van der Waals surface area contributed by atoms with Crippen LogP contribution >= 0.6 is 0 Å². The molecule has 4 nitrogen and oxygen atoms in total. The number of ether oxygens (including phenoxy) is 1. The maximum absolute atomic E-state index is 14.4. The van der Waals surface area contributed by atoms with Crippen molar-refractivity contribution in [2.75, 3.05) is 4.90 Å². The number of β-lactam (4-membered cyclic amide) rings is 1. The van der Waals surface area contributed by atoms with Crippen LogP contribution in [0, 0.1) is 17.6 Å². The maximum atomic E-state index is 14.4. The minimum absolute atomic E-state index is 0.102. The lowest BCUT2D eigenvalue weighted by Crippen LogP contribution is -2.55. The van der Waals surface area contributed by atoms with Gasteiger partial charge in [0.05, 0.1) is 12.0 Å². The van der Waals surface area contributed by atoms with Gasteiger partial charge < -0.3 is 9.64 Å². The normalized spacial score (nSPS) is 16.5. The Morgan fingerprint density at radius 1 is 0.900 bits per heavy atom. The van der Waals surface area contributed by atoms with E-state index in [1.807, 2.05) is 61.5 Å². The van der Waals surface area contributed by atoms with Crippen LogP contribution in [-0.4, -0.2) is 11.7 Å². The van der Waals surface area contributed by atoms with Gasteiger partial charge >= 0.3 is 0 Å². The summed E-state index contributed by atoms with van der Waals surface area (Å²) in [7, 11) is 0. The zero-order valence-electron chi connectivity index (χ0n) is 22.4. The second-order valence-corrected chi connectivity index (χ2v) is 10.1. The molecule has 0 aromatic heterocycles. The van der Waals surface area contributed by atoms with E-state index in [0.717, 1.165) is 17.5 Å². The number of ketones is 1. The molecule has 2 atom stereocenters. The molecule has 0 aliphatic carbocycles. The molecule has 1 aliphatic heterocycles. The summed E-state index contributed by atoms with van der Waals surface area (Å²) in [5, 5.41) is 0. The summed E-state index contributed by atoms with van der Waals surface area (Å²) >= 11 is 0. The highest BCUT2D eigenvalue weighted by molar-refractivity contribution is 6.04. The molecule has 1 amide bonds. The monoisotopic (exact) mass is 539 g/mol. The Bertz CT molecular complexity index is 1470. The Hall–Kier alpha value is -4.32. The molecule has 0 spiro atoms. The Balaban J connectivity index is 1.37. The summed E-state index contributed by atoms with van der Waals surface area (Å²) < 4.78 is 33.6. The van der Waals surface area contributed by atoms with Crippen molar-refractivity contribution in [3.8, 4) is 5.75 Å². The smallest absolute Gasteiger partial charge is 0.233 e. The van der Waals surface area contributed by atoms with Crippen molar-refractivity contribution in [3.05, 3.63) is 131 Å². The van der Waals surface area contributed by atoms with Crippen molar-refractivity contribution in [3.63, 3.8) is 0 Å². The number of carbonyl (C=O) groups is 2. The second kappa shape index (κ2) is 12.2. The molecule has 6 heteroatoms. The van der Waals surface area contributed by atoms with E-state index in [0.29, 0.717) is 42.0 Å². The number of Topliss-reactive ketones (excluding diaryl/α,β-unsaturated/α-hetero) is 1. The summed E-state index contributed by atoms with van der Waals surface area (Å²) in [5.41, 5.74) is 3.61. The van der Waals surface area contributed by atoms with Gasteiger partial charge in [0.15, 0.2) is 5.78 Å². The van der Waals surface area contributed by atoms with Gasteiger partial charge in [0.2, 0.25) is 5.91 Å². The molecule has 0 N–H and O–H groups in total. The van der Waals surface area contributed by atoms with Gasteiger partial charge in [-0.2, -0.15) is 0 Å². The van der Waals surface area contributed by atoms with Gasteiger partial charge in [0, 0.05) is 17.7 Å². The second-order valence-electron chi connectivity index (χ2n) is 10.1. The molecule has 204 valence electrons. The fourth-order valence-electron chi connectivity index (χ4n) is 5.24. The van der Waals surface area contributed by atoms with Crippen molar-refractivity contribution >= 4 is 17.4 Å². The summed E-state index contributed by atoms with van der Waals surface area (Å²) in [6.07, 6.45) is 1.88. The molecular weight excluding hydrogens is 508 g/mol. The molecule has 40 heavy (non-hydrogen) atoms. The minimum Gasteiger partial charge on any atom is -0.489 e. The number of hydrogen-bond acceptors (Lipinski definition) is 3. The molecule has 4 aromatic rings. The van der Waals surface area contributed by atoms with Crippen molar-refractivity contribution in [1.82, 2.24) is 0 Å². The lowest BCUT2D eigenvalue weighted by atomic mass is 9.78. The predicted octanol–water partition coefficient (Wildman–Crippen LogP) is 7.86. The number of rotatable bonds is 11. The predicted molar refractivity (Wildman–Crippen MR) is 151 cm³/mol. The van der Waals surface area contributed by atoms with E-state index in [9.17, 15) is 18.4 Å². The summed E-state index contributed by atoms with van der Waals surface area (Å²) in [4.78, 5) is 28.0. The van der Waals surface area contributed by atoms with Gasteiger partial charge in [-0.05, 0) is 84.1 Å². The minimum atomic E-state index is -0.417. The zero-order chi connectivity index (χ0) is 28.1. The van der Waals surface area contributed by atoms with E-state index in [2.05, 4.69) is 0 Å². The fraction of sp³-hybridized carbons (Fsp3) is 0.235. The molecule has 1 aliphatic rings. The van der Waals surface area contributed by atoms with Crippen LogP contribution in [0.15, 0.2) is 97.1 Å². The number of aryl methyl sites for hydroxylation is 1. The first-order valence-electron chi connectivity index (χ1n) is 13.6. The quantitative estimate of drug-likeness (QED) is 0.144. The van der Waals surface area contributed by atoms with Gasteiger partial charge in [-0.1, -0.05) is 55.8 Å². The third-order valence-electron chi connectivity index (χ3n) is 7.36. The SMILES string of the molecule is CCCc1cc(N2C(=O)[C@H](CCC(=O)c3ccc(F)cc3)[C@H]2c2ccc(OCc3ccccc3)cc2)ccc1F. The summed E-state index contributed by atoms with van der Waals surface area (Å²) in [6, 6.07) is 27.5. The van der Waals surface area contributed by atoms with E-state index >= 15 is 0 Å². The zero-order valence-corrected chi connectivity index (χ0v) is 22.4. The Kier molecular flexibility index (Phi) is 8.34.